The van der Waals surface area contributed by atoms with E-state index >= 15 is 0 Å². The lowest BCUT2D eigenvalue weighted by atomic mass is 10.1. The Hall–Kier alpha value is -2.20. The molecule has 0 atom stereocenters. The van der Waals surface area contributed by atoms with Gasteiger partial charge in [-0.2, -0.15) is 0 Å². The van der Waals surface area contributed by atoms with Gasteiger partial charge in [0, 0.05) is 10.7 Å². The van der Waals surface area contributed by atoms with E-state index < -0.39 is 5.97 Å². The fraction of sp³-hybridized carbons (Fsp3) is 0.133. The maximum absolute atomic E-state index is 11.5. The van der Waals surface area contributed by atoms with E-state index in [2.05, 4.69) is 5.32 Å². The van der Waals surface area contributed by atoms with Crippen molar-refractivity contribution in [3.05, 3.63) is 52.5 Å². The number of methoxy groups -OCH3 is 1. The lowest BCUT2D eigenvalue weighted by molar-refractivity contribution is 0.0601. The first-order valence-corrected chi connectivity index (χ1v) is 6.40. The summed E-state index contributed by atoms with van der Waals surface area (Å²) < 4.78 is 4.70. The molecule has 0 spiro atoms. The summed E-state index contributed by atoms with van der Waals surface area (Å²) in [5.74, 6) is -0.407. The van der Waals surface area contributed by atoms with Crippen molar-refractivity contribution in [2.75, 3.05) is 18.2 Å². The van der Waals surface area contributed by atoms with E-state index in [1.54, 1.807) is 18.2 Å². The van der Waals surface area contributed by atoms with Crippen molar-refractivity contribution in [1.82, 2.24) is 0 Å². The van der Waals surface area contributed by atoms with Crippen LogP contribution in [0.2, 0.25) is 5.02 Å². The van der Waals surface area contributed by atoms with Gasteiger partial charge in [0.15, 0.2) is 0 Å². The van der Waals surface area contributed by atoms with Crippen LogP contribution in [-0.2, 0) is 4.74 Å². The van der Waals surface area contributed by atoms with Gasteiger partial charge in [0.2, 0.25) is 0 Å². The second-order valence-corrected chi connectivity index (χ2v) is 4.74. The number of carbonyl (C=O) groups excluding carboxylic acids is 1. The van der Waals surface area contributed by atoms with Crippen LogP contribution < -0.4 is 11.1 Å². The average Bonchev–Trinajstić information content (AvgIpc) is 2.45. The van der Waals surface area contributed by atoms with Gasteiger partial charge >= 0.3 is 5.97 Å². The molecule has 0 aliphatic rings. The van der Waals surface area contributed by atoms with Gasteiger partial charge in [0.25, 0.3) is 0 Å². The fourth-order valence-corrected chi connectivity index (χ4v) is 1.97. The molecule has 20 heavy (non-hydrogen) atoms. The van der Waals surface area contributed by atoms with Crippen molar-refractivity contribution in [2.24, 2.45) is 0 Å². The summed E-state index contributed by atoms with van der Waals surface area (Å²) in [5.41, 5.74) is 9.28. The summed E-state index contributed by atoms with van der Waals surface area (Å²) in [6, 6.07) is 10.5. The third-order valence-corrected chi connectivity index (χ3v) is 3.42. The van der Waals surface area contributed by atoms with E-state index in [0.29, 0.717) is 22.0 Å². The molecule has 0 aromatic heterocycles. The zero-order valence-electron chi connectivity index (χ0n) is 11.2. The second kappa shape index (κ2) is 5.84. The number of nitrogens with one attached hydrogen (secondary N) is 1. The minimum atomic E-state index is -0.407. The van der Waals surface area contributed by atoms with Crippen LogP contribution in [-0.4, -0.2) is 13.1 Å². The van der Waals surface area contributed by atoms with Crippen LogP contribution >= 0.6 is 11.6 Å². The van der Waals surface area contributed by atoms with Gasteiger partial charge in [-0.3, -0.25) is 0 Å². The maximum atomic E-state index is 11.5. The Kier molecular flexibility index (Phi) is 4.15. The number of carbonyl (C=O) groups is 1. The quantitative estimate of drug-likeness (QED) is 0.667. The highest BCUT2D eigenvalue weighted by molar-refractivity contribution is 6.31. The first-order chi connectivity index (χ1) is 9.52. The molecule has 0 radical (unpaired) electrons. The van der Waals surface area contributed by atoms with Crippen molar-refractivity contribution in [3.8, 4) is 0 Å². The number of benzene rings is 2. The Morgan fingerprint density at radius 1 is 1.25 bits per heavy atom. The molecule has 4 nitrogen and oxygen atoms in total. The highest BCUT2D eigenvalue weighted by Gasteiger charge is 2.10. The number of esters is 1. The molecule has 0 saturated carbocycles. The normalized spacial score (nSPS) is 10.2. The summed E-state index contributed by atoms with van der Waals surface area (Å²) >= 11 is 6.08. The Morgan fingerprint density at radius 3 is 2.70 bits per heavy atom. The zero-order valence-corrected chi connectivity index (χ0v) is 12.0. The van der Waals surface area contributed by atoms with E-state index in [9.17, 15) is 4.79 Å². The number of ether oxygens (including phenoxy) is 1. The molecule has 0 aliphatic heterocycles. The van der Waals surface area contributed by atoms with Crippen molar-refractivity contribution < 1.29 is 9.53 Å². The topological polar surface area (TPSA) is 64.3 Å². The monoisotopic (exact) mass is 290 g/mol. The molecule has 2 aromatic rings. The van der Waals surface area contributed by atoms with Crippen molar-refractivity contribution in [1.29, 1.82) is 0 Å². The summed E-state index contributed by atoms with van der Waals surface area (Å²) in [6.07, 6.45) is 0. The van der Waals surface area contributed by atoms with E-state index in [-0.39, 0.29) is 0 Å². The molecule has 0 bridgehead atoms. The molecule has 0 heterocycles. The zero-order chi connectivity index (χ0) is 14.7. The number of nitrogens with two attached hydrogens (primary N) is 1. The van der Waals surface area contributed by atoms with Crippen molar-refractivity contribution in [2.45, 2.75) is 6.92 Å². The highest BCUT2D eigenvalue weighted by Crippen LogP contribution is 2.29. The molecular weight excluding hydrogens is 276 g/mol. The van der Waals surface area contributed by atoms with Gasteiger partial charge < -0.3 is 15.8 Å². The van der Waals surface area contributed by atoms with Crippen LogP contribution in [0.15, 0.2) is 36.4 Å². The van der Waals surface area contributed by atoms with Gasteiger partial charge in [-0.05, 0) is 42.8 Å². The van der Waals surface area contributed by atoms with E-state index in [1.807, 2.05) is 25.1 Å². The molecule has 3 N–H and O–H groups in total. The van der Waals surface area contributed by atoms with Crippen molar-refractivity contribution in [3.63, 3.8) is 0 Å². The second-order valence-electron chi connectivity index (χ2n) is 4.33. The number of hydrogen-bond acceptors (Lipinski definition) is 4. The smallest absolute Gasteiger partial charge is 0.337 e. The standard InChI is InChI=1S/C15H15ClN2O2/c1-9-11(16)4-3-5-13(9)18-14-8-10(15(19)20-2)6-7-12(14)17/h3-8,18H,17H2,1-2H3. The third kappa shape index (κ3) is 2.86. The van der Waals surface area contributed by atoms with E-state index in [4.69, 9.17) is 22.1 Å². The predicted octanol–water partition coefficient (Wildman–Crippen LogP) is 3.76. The lowest BCUT2D eigenvalue weighted by Gasteiger charge is -2.13. The Bertz CT molecular complexity index is 656. The minimum absolute atomic E-state index is 0.407. The number of anilines is 3. The Balaban J connectivity index is 2.38. The van der Waals surface area contributed by atoms with E-state index in [1.165, 1.54) is 7.11 Å². The third-order valence-electron chi connectivity index (χ3n) is 3.01. The maximum Gasteiger partial charge on any atom is 0.337 e. The fourth-order valence-electron chi connectivity index (χ4n) is 1.80. The number of nitrogen functional groups attached to an aromatic ring is 1. The van der Waals surface area contributed by atoms with Gasteiger partial charge in [-0.15, -0.1) is 0 Å². The SMILES string of the molecule is COC(=O)c1ccc(N)c(Nc2cccc(Cl)c2C)c1. The molecule has 5 heteroatoms. The molecule has 2 rings (SSSR count). The van der Waals surface area contributed by atoms with Crippen LogP contribution in [0.5, 0.6) is 0 Å². The predicted molar refractivity (Wildman–Crippen MR) is 81.7 cm³/mol. The van der Waals surface area contributed by atoms with Gasteiger partial charge in [-0.25, -0.2) is 4.79 Å². The molecule has 2 aromatic carbocycles. The molecule has 0 unspecified atom stereocenters. The molecule has 0 aliphatic carbocycles. The number of hydrogen-bond donors (Lipinski definition) is 2. The van der Waals surface area contributed by atoms with Gasteiger partial charge in [0.1, 0.15) is 0 Å². The molecule has 0 saturated heterocycles. The van der Waals surface area contributed by atoms with Crippen molar-refractivity contribution >= 4 is 34.6 Å². The van der Waals surface area contributed by atoms with Crippen LogP contribution in [0.1, 0.15) is 15.9 Å². The van der Waals surface area contributed by atoms with Crippen LogP contribution in [0.3, 0.4) is 0 Å². The average molecular weight is 291 g/mol. The van der Waals surface area contributed by atoms with Crippen LogP contribution in [0, 0.1) is 6.92 Å². The number of rotatable bonds is 3. The molecular formula is C15H15ClN2O2. The molecule has 0 amide bonds. The van der Waals surface area contributed by atoms with Crippen LogP contribution in [0.4, 0.5) is 17.1 Å². The molecule has 104 valence electrons. The lowest BCUT2D eigenvalue weighted by Crippen LogP contribution is -2.04. The first kappa shape index (κ1) is 14.2. The minimum Gasteiger partial charge on any atom is -0.465 e. The molecule has 0 fully saturated rings. The first-order valence-electron chi connectivity index (χ1n) is 6.03. The summed E-state index contributed by atoms with van der Waals surface area (Å²) in [4.78, 5) is 11.5. The Morgan fingerprint density at radius 2 is 2.00 bits per heavy atom. The number of halogens is 1. The van der Waals surface area contributed by atoms with Crippen LogP contribution in [0.25, 0.3) is 0 Å². The highest BCUT2D eigenvalue weighted by atomic mass is 35.5. The summed E-state index contributed by atoms with van der Waals surface area (Å²) in [5, 5.41) is 3.85. The van der Waals surface area contributed by atoms with E-state index in [0.717, 1.165) is 11.3 Å². The van der Waals surface area contributed by atoms with Gasteiger partial charge in [-0.1, -0.05) is 17.7 Å². The Labute approximate surface area is 122 Å². The summed E-state index contributed by atoms with van der Waals surface area (Å²) in [6.45, 7) is 1.91. The summed E-state index contributed by atoms with van der Waals surface area (Å²) in [7, 11) is 1.34. The largest absolute Gasteiger partial charge is 0.465 e. The van der Waals surface area contributed by atoms with Gasteiger partial charge in [0.05, 0.1) is 24.0 Å².